The van der Waals surface area contributed by atoms with Crippen molar-refractivity contribution in [2.75, 3.05) is 12.4 Å². The minimum atomic E-state index is -0.107. The fourth-order valence-corrected chi connectivity index (χ4v) is 1.75. The average molecular weight is 280 g/mol. The van der Waals surface area contributed by atoms with E-state index >= 15 is 0 Å². The highest BCUT2D eigenvalue weighted by atomic mass is 32.1. The maximum absolute atomic E-state index is 12.1. The third-order valence-corrected chi connectivity index (χ3v) is 3.39. The van der Waals surface area contributed by atoms with Crippen LogP contribution in [-0.2, 0) is 4.79 Å². The molecule has 5 heteroatoms. The molecule has 0 radical (unpaired) electrons. The first kappa shape index (κ1) is 15.4. The number of nitrogens with two attached hydrogens (primary N) is 1. The Hall–Kier alpha value is -1.62. The van der Waals surface area contributed by atoms with E-state index in [4.69, 9.17) is 22.7 Å². The minimum Gasteiger partial charge on any atom is -0.495 e. The molecule has 1 rings (SSSR count). The Balaban J connectivity index is 3.11. The second-order valence-corrected chi connectivity index (χ2v) is 5.21. The summed E-state index contributed by atoms with van der Waals surface area (Å²) in [5, 5.41) is 2.86. The second-order valence-electron chi connectivity index (χ2n) is 4.77. The number of hydrogen-bond acceptors (Lipinski definition) is 3. The molecule has 0 aliphatic carbocycles. The van der Waals surface area contributed by atoms with Crippen molar-refractivity contribution in [3.05, 3.63) is 23.8 Å². The summed E-state index contributed by atoms with van der Waals surface area (Å²) in [7, 11) is 1.54. The highest BCUT2D eigenvalue weighted by molar-refractivity contribution is 7.80. The quantitative estimate of drug-likeness (QED) is 0.814. The van der Waals surface area contributed by atoms with E-state index < -0.39 is 0 Å². The van der Waals surface area contributed by atoms with Crippen molar-refractivity contribution < 1.29 is 9.53 Å². The van der Waals surface area contributed by atoms with E-state index in [-0.39, 0.29) is 22.7 Å². The van der Waals surface area contributed by atoms with Gasteiger partial charge in [-0.3, -0.25) is 4.79 Å². The lowest BCUT2D eigenvalue weighted by Gasteiger charge is -2.18. The predicted octanol–water partition coefficient (Wildman–Crippen LogP) is 2.56. The van der Waals surface area contributed by atoms with E-state index in [1.807, 2.05) is 20.8 Å². The lowest BCUT2D eigenvalue weighted by Crippen LogP contribution is -2.26. The molecule has 0 heterocycles. The number of hydrogen-bond donors (Lipinski definition) is 2. The first-order chi connectivity index (χ1) is 8.88. The second kappa shape index (κ2) is 6.52. The Labute approximate surface area is 119 Å². The molecule has 0 aliphatic rings. The standard InChI is InChI=1S/C14H20N2O2S/c1-8(2)9(3)14(17)16-12-10(13(15)19)6-5-7-11(12)18-4/h5-9H,1-4H3,(H2,15,19)(H,16,17). The SMILES string of the molecule is COc1cccc(C(N)=S)c1NC(=O)C(C)C(C)C. The third kappa shape index (κ3) is 3.67. The smallest absolute Gasteiger partial charge is 0.227 e. The van der Waals surface area contributed by atoms with Gasteiger partial charge in [0.05, 0.1) is 12.8 Å². The summed E-state index contributed by atoms with van der Waals surface area (Å²) >= 11 is 5.00. The van der Waals surface area contributed by atoms with Gasteiger partial charge in [-0.05, 0) is 18.1 Å². The summed E-state index contributed by atoms with van der Waals surface area (Å²) in [5.74, 6) is 0.624. The van der Waals surface area contributed by atoms with Gasteiger partial charge in [0, 0.05) is 11.5 Å². The Morgan fingerprint density at radius 2 is 2.00 bits per heavy atom. The molecule has 1 aromatic carbocycles. The van der Waals surface area contributed by atoms with Crippen molar-refractivity contribution in [1.29, 1.82) is 0 Å². The van der Waals surface area contributed by atoms with Crippen molar-refractivity contribution in [3.8, 4) is 5.75 Å². The van der Waals surface area contributed by atoms with Crippen molar-refractivity contribution in [2.45, 2.75) is 20.8 Å². The number of ether oxygens (including phenoxy) is 1. The molecule has 19 heavy (non-hydrogen) atoms. The molecule has 0 spiro atoms. The minimum absolute atomic E-state index is 0.0722. The molecular weight excluding hydrogens is 260 g/mol. The zero-order valence-corrected chi connectivity index (χ0v) is 12.5. The fourth-order valence-electron chi connectivity index (χ4n) is 1.58. The summed E-state index contributed by atoms with van der Waals surface area (Å²) < 4.78 is 5.25. The third-order valence-electron chi connectivity index (χ3n) is 3.17. The molecule has 1 amide bonds. The molecule has 0 bridgehead atoms. The number of nitrogens with one attached hydrogen (secondary N) is 1. The van der Waals surface area contributed by atoms with Crippen molar-refractivity contribution >= 4 is 28.8 Å². The van der Waals surface area contributed by atoms with Crippen LogP contribution in [0, 0.1) is 11.8 Å². The molecule has 0 saturated heterocycles. The monoisotopic (exact) mass is 280 g/mol. The summed E-state index contributed by atoms with van der Waals surface area (Å²) in [6.45, 7) is 5.89. The van der Waals surface area contributed by atoms with Crippen LogP contribution in [0.25, 0.3) is 0 Å². The van der Waals surface area contributed by atoms with Gasteiger partial charge in [-0.25, -0.2) is 0 Å². The molecule has 4 nitrogen and oxygen atoms in total. The van der Waals surface area contributed by atoms with E-state index in [0.717, 1.165) is 0 Å². The highest BCUT2D eigenvalue weighted by Crippen LogP contribution is 2.29. The van der Waals surface area contributed by atoms with Crippen LogP contribution in [0.1, 0.15) is 26.3 Å². The zero-order chi connectivity index (χ0) is 14.6. The summed E-state index contributed by atoms with van der Waals surface area (Å²) in [6.07, 6.45) is 0. The zero-order valence-electron chi connectivity index (χ0n) is 11.7. The van der Waals surface area contributed by atoms with E-state index in [1.165, 1.54) is 0 Å². The Kier molecular flexibility index (Phi) is 5.30. The Bertz CT molecular complexity index is 486. The summed E-state index contributed by atoms with van der Waals surface area (Å²) in [5.41, 5.74) is 6.82. The highest BCUT2D eigenvalue weighted by Gasteiger charge is 2.20. The van der Waals surface area contributed by atoms with Gasteiger partial charge in [-0.1, -0.05) is 39.1 Å². The van der Waals surface area contributed by atoms with E-state index in [1.54, 1.807) is 25.3 Å². The van der Waals surface area contributed by atoms with Crippen LogP contribution in [0.2, 0.25) is 0 Å². The van der Waals surface area contributed by atoms with Crippen LogP contribution in [0.15, 0.2) is 18.2 Å². The molecule has 0 aliphatic heterocycles. The molecule has 104 valence electrons. The number of carbonyl (C=O) groups excluding carboxylic acids is 1. The van der Waals surface area contributed by atoms with Gasteiger partial charge in [-0.2, -0.15) is 0 Å². The van der Waals surface area contributed by atoms with Crippen LogP contribution in [0.4, 0.5) is 5.69 Å². The van der Waals surface area contributed by atoms with Gasteiger partial charge >= 0.3 is 0 Å². The fraction of sp³-hybridized carbons (Fsp3) is 0.429. The van der Waals surface area contributed by atoms with Crippen molar-refractivity contribution in [2.24, 2.45) is 17.6 Å². The lowest BCUT2D eigenvalue weighted by molar-refractivity contribution is -0.120. The van der Waals surface area contributed by atoms with E-state index in [2.05, 4.69) is 5.32 Å². The van der Waals surface area contributed by atoms with Gasteiger partial charge in [0.15, 0.2) is 0 Å². The predicted molar refractivity (Wildman–Crippen MR) is 81.5 cm³/mol. The number of para-hydroxylation sites is 1. The Morgan fingerprint density at radius 1 is 1.37 bits per heavy atom. The van der Waals surface area contributed by atoms with E-state index in [9.17, 15) is 4.79 Å². The van der Waals surface area contributed by atoms with Gasteiger partial charge < -0.3 is 15.8 Å². The average Bonchev–Trinajstić information content (AvgIpc) is 2.37. The number of carbonyl (C=O) groups is 1. The first-order valence-electron chi connectivity index (χ1n) is 6.16. The van der Waals surface area contributed by atoms with Crippen LogP contribution in [-0.4, -0.2) is 18.0 Å². The van der Waals surface area contributed by atoms with Gasteiger partial charge in [0.1, 0.15) is 10.7 Å². The molecule has 0 aromatic heterocycles. The van der Waals surface area contributed by atoms with Crippen LogP contribution >= 0.6 is 12.2 Å². The molecule has 1 unspecified atom stereocenters. The van der Waals surface area contributed by atoms with Gasteiger partial charge in [0.2, 0.25) is 5.91 Å². The molecule has 1 atom stereocenters. The van der Waals surface area contributed by atoms with Crippen molar-refractivity contribution in [3.63, 3.8) is 0 Å². The molecular formula is C14H20N2O2S. The van der Waals surface area contributed by atoms with Gasteiger partial charge in [0.25, 0.3) is 0 Å². The van der Waals surface area contributed by atoms with E-state index in [0.29, 0.717) is 17.0 Å². The largest absolute Gasteiger partial charge is 0.495 e. The number of thiocarbonyl (C=S) groups is 1. The number of methoxy groups -OCH3 is 1. The number of anilines is 1. The van der Waals surface area contributed by atoms with Crippen molar-refractivity contribution in [1.82, 2.24) is 0 Å². The van der Waals surface area contributed by atoms with Crippen LogP contribution in [0.3, 0.4) is 0 Å². The number of rotatable bonds is 5. The summed E-state index contributed by atoms with van der Waals surface area (Å²) in [6, 6.07) is 5.31. The van der Waals surface area contributed by atoms with Crippen LogP contribution in [0.5, 0.6) is 5.75 Å². The Morgan fingerprint density at radius 3 is 2.47 bits per heavy atom. The maximum atomic E-state index is 12.1. The molecule has 3 N–H and O–H groups in total. The van der Waals surface area contributed by atoms with Gasteiger partial charge in [-0.15, -0.1) is 0 Å². The topological polar surface area (TPSA) is 64.3 Å². The maximum Gasteiger partial charge on any atom is 0.227 e. The normalized spacial score (nSPS) is 12.1. The molecule has 1 aromatic rings. The first-order valence-corrected chi connectivity index (χ1v) is 6.57. The number of amides is 1. The van der Waals surface area contributed by atoms with Crippen LogP contribution < -0.4 is 15.8 Å². The molecule has 0 fully saturated rings. The summed E-state index contributed by atoms with van der Waals surface area (Å²) in [4.78, 5) is 12.4. The molecule has 0 saturated carbocycles. The number of benzene rings is 1. The lowest BCUT2D eigenvalue weighted by atomic mass is 9.97.